The lowest BCUT2D eigenvalue weighted by atomic mass is 9.99. The third-order valence-corrected chi connectivity index (χ3v) is 3.70. The fourth-order valence-electron chi connectivity index (χ4n) is 2.59. The molecule has 0 aromatic carbocycles. The molecular weight excluding hydrogens is 236 g/mol. The van der Waals surface area contributed by atoms with Crippen LogP contribution in [0.5, 0.6) is 0 Å². The molecule has 2 rings (SSSR count). The van der Waals surface area contributed by atoms with Gasteiger partial charge >= 0.3 is 0 Å². The Hall–Kier alpha value is -1.16. The lowest BCUT2D eigenvalue weighted by Crippen LogP contribution is -2.37. The Morgan fingerprint density at radius 2 is 2.21 bits per heavy atom. The molecule has 0 radical (unpaired) electrons. The van der Waals surface area contributed by atoms with Gasteiger partial charge in [0, 0.05) is 31.3 Å². The summed E-state index contributed by atoms with van der Waals surface area (Å²) in [6.45, 7) is 9.71. The van der Waals surface area contributed by atoms with E-state index in [9.17, 15) is 0 Å². The smallest absolute Gasteiger partial charge is 0.133 e. The number of hydrogen-bond acceptors (Lipinski definition) is 4. The first-order valence-electron chi connectivity index (χ1n) is 7.33. The highest BCUT2D eigenvalue weighted by Gasteiger charge is 2.17. The second-order valence-corrected chi connectivity index (χ2v) is 5.97. The van der Waals surface area contributed by atoms with Gasteiger partial charge in [-0.2, -0.15) is 0 Å². The third kappa shape index (κ3) is 3.90. The average molecular weight is 262 g/mol. The van der Waals surface area contributed by atoms with Gasteiger partial charge in [0.2, 0.25) is 0 Å². The van der Waals surface area contributed by atoms with Crippen LogP contribution in [0, 0.1) is 12.8 Å². The van der Waals surface area contributed by atoms with Crippen LogP contribution in [0.3, 0.4) is 0 Å². The highest BCUT2D eigenvalue weighted by molar-refractivity contribution is 5.39. The van der Waals surface area contributed by atoms with Gasteiger partial charge in [-0.3, -0.25) is 0 Å². The number of anilines is 1. The van der Waals surface area contributed by atoms with Crippen molar-refractivity contribution in [2.24, 2.45) is 5.92 Å². The molecule has 0 saturated carbocycles. The summed E-state index contributed by atoms with van der Waals surface area (Å²) in [7, 11) is 2.14. The SMILES string of the molecule is Cc1cc(N(C)CC2CCCNC2)nc(C(C)C)n1. The van der Waals surface area contributed by atoms with E-state index in [2.05, 4.69) is 42.2 Å². The van der Waals surface area contributed by atoms with E-state index < -0.39 is 0 Å². The van der Waals surface area contributed by atoms with E-state index >= 15 is 0 Å². The van der Waals surface area contributed by atoms with E-state index in [4.69, 9.17) is 4.98 Å². The summed E-state index contributed by atoms with van der Waals surface area (Å²) >= 11 is 0. The van der Waals surface area contributed by atoms with Crippen molar-refractivity contribution in [3.05, 3.63) is 17.6 Å². The van der Waals surface area contributed by atoms with Crippen LogP contribution in [-0.4, -0.2) is 36.6 Å². The summed E-state index contributed by atoms with van der Waals surface area (Å²) in [5.74, 6) is 3.12. The first-order valence-corrected chi connectivity index (χ1v) is 7.33. The zero-order valence-corrected chi connectivity index (χ0v) is 12.6. The Balaban J connectivity index is 2.07. The normalized spacial score (nSPS) is 19.7. The van der Waals surface area contributed by atoms with Gasteiger partial charge < -0.3 is 10.2 Å². The van der Waals surface area contributed by atoms with Crippen LogP contribution in [0.15, 0.2) is 6.07 Å². The summed E-state index contributed by atoms with van der Waals surface area (Å²) in [5, 5.41) is 3.47. The van der Waals surface area contributed by atoms with Crippen LogP contribution < -0.4 is 10.2 Å². The number of nitrogens with one attached hydrogen (secondary N) is 1. The van der Waals surface area contributed by atoms with Crippen molar-refractivity contribution in [3.8, 4) is 0 Å². The van der Waals surface area contributed by atoms with Gasteiger partial charge in [0.05, 0.1) is 0 Å². The van der Waals surface area contributed by atoms with E-state index in [0.29, 0.717) is 5.92 Å². The summed E-state index contributed by atoms with van der Waals surface area (Å²) in [6.07, 6.45) is 2.61. The maximum atomic E-state index is 4.69. The van der Waals surface area contributed by atoms with Crippen LogP contribution in [0.2, 0.25) is 0 Å². The number of nitrogens with zero attached hydrogens (tertiary/aromatic N) is 3. The predicted octanol–water partition coefficient (Wildman–Crippen LogP) is 2.34. The maximum absolute atomic E-state index is 4.69. The Bertz CT molecular complexity index is 411. The van der Waals surface area contributed by atoms with Crippen LogP contribution in [0.4, 0.5) is 5.82 Å². The molecule has 4 nitrogen and oxygen atoms in total. The molecule has 19 heavy (non-hydrogen) atoms. The molecule has 2 heterocycles. The summed E-state index contributed by atoms with van der Waals surface area (Å²) in [6, 6.07) is 2.09. The fraction of sp³-hybridized carbons (Fsp3) is 0.733. The van der Waals surface area contributed by atoms with Crippen molar-refractivity contribution >= 4 is 5.82 Å². The number of rotatable bonds is 4. The highest BCUT2D eigenvalue weighted by atomic mass is 15.2. The quantitative estimate of drug-likeness (QED) is 0.904. The minimum Gasteiger partial charge on any atom is -0.359 e. The Kier molecular flexibility index (Phi) is 4.75. The molecule has 1 aromatic heterocycles. The predicted molar refractivity (Wildman–Crippen MR) is 79.7 cm³/mol. The van der Waals surface area contributed by atoms with Gasteiger partial charge in [-0.1, -0.05) is 13.8 Å². The van der Waals surface area contributed by atoms with Gasteiger partial charge in [0.15, 0.2) is 0 Å². The molecule has 1 unspecified atom stereocenters. The summed E-state index contributed by atoms with van der Waals surface area (Å²) < 4.78 is 0. The molecule has 106 valence electrons. The number of hydrogen-bond donors (Lipinski definition) is 1. The Morgan fingerprint density at radius 3 is 2.84 bits per heavy atom. The van der Waals surface area contributed by atoms with Crippen molar-refractivity contribution in [1.29, 1.82) is 0 Å². The zero-order chi connectivity index (χ0) is 13.8. The largest absolute Gasteiger partial charge is 0.359 e. The highest BCUT2D eigenvalue weighted by Crippen LogP contribution is 2.19. The zero-order valence-electron chi connectivity index (χ0n) is 12.6. The molecule has 0 spiro atoms. The van der Waals surface area contributed by atoms with Gasteiger partial charge in [0.25, 0.3) is 0 Å². The molecule has 1 aromatic rings. The summed E-state index contributed by atoms with van der Waals surface area (Å²) in [4.78, 5) is 11.5. The van der Waals surface area contributed by atoms with Gasteiger partial charge in [0.1, 0.15) is 11.6 Å². The molecule has 1 aliphatic heterocycles. The van der Waals surface area contributed by atoms with Crippen LogP contribution in [0.1, 0.15) is 44.1 Å². The molecule has 1 N–H and O–H groups in total. The maximum Gasteiger partial charge on any atom is 0.133 e. The van der Waals surface area contributed by atoms with E-state index in [1.807, 2.05) is 6.92 Å². The second-order valence-electron chi connectivity index (χ2n) is 5.97. The van der Waals surface area contributed by atoms with Crippen molar-refractivity contribution in [2.45, 2.75) is 39.5 Å². The van der Waals surface area contributed by atoms with E-state index in [1.165, 1.54) is 19.4 Å². The molecule has 0 aliphatic carbocycles. The molecular formula is C15H26N4. The first kappa shape index (κ1) is 14.3. The van der Waals surface area contributed by atoms with E-state index in [0.717, 1.165) is 36.3 Å². The van der Waals surface area contributed by atoms with Crippen molar-refractivity contribution in [3.63, 3.8) is 0 Å². The van der Waals surface area contributed by atoms with Gasteiger partial charge in [-0.15, -0.1) is 0 Å². The molecule has 0 amide bonds. The molecule has 1 aliphatic rings. The molecule has 0 bridgehead atoms. The number of aromatic nitrogens is 2. The van der Waals surface area contributed by atoms with Gasteiger partial charge in [-0.05, 0) is 38.8 Å². The van der Waals surface area contributed by atoms with Crippen molar-refractivity contribution in [1.82, 2.24) is 15.3 Å². The molecule has 1 atom stereocenters. The standard InChI is InChI=1S/C15H26N4/c1-11(2)15-17-12(3)8-14(18-15)19(4)10-13-6-5-7-16-9-13/h8,11,13,16H,5-7,9-10H2,1-4H3. The third-order valence-electron chi connectivity index (χ3n) is 3.70. The monoisotopic (exact) mass is 262 g/mol. The molecule has 4 heteroatoms. The van der Waals surface area contributed by atoms with E-state index in [-0.39, 0.29) is 0 Å². The van der Waals surface area contributed by atoms with Gasteiger partial charge in [-0.25, -0.2) is 9.97 Å². The lowest BCUT2D eigenvalue weighted by Gasteiger charge is -2.28. The van der Waals surface area contributed by atoms with Crippen LogP contribution in [-0.2, 0) is 0 Å². The first-order chi connectivity index (χ1) is 9.06. The van der Waals surface area contributed by atoms with E-state index in [1.54, 1.807) is 0 Å². The lowest BCUT2D eigenvalue weighted by molar-refractivity contribution is 0.380. The van der Waals surface area contributed by atoms with Crippen LogP contribution >= 0.6 is 0 Å². The minimum absolute atomic E-state index is 0.378. The van der Waals surface area contributed by atoms with Crippen molar-refractivity contribution < 1.29 is 0 Å². The molecule has 1 saturated heterocycles. The Morgan fingerprint density at radius 1 is 1.42 bits per heavy atom. The fourth-order valence-corrected chi connectivity index (χ4v) is 2.59. The second kappa shape index (κ2) is 6.33. The number of aryl methyl sites for hydroxylation is 1. The van der Waals surface area contributed by atoms with Crippen molar-refractivity contribution in [2.75, 3.05) is 31.6 Å². The average Bonchev–Trinajstić information content (AvgIpc) is 2.39. The molecule has 1 fully saturated rings. The Labute approximate surface area is 116 Å². The minimum atomic E-state index is 0.378. The topological polar surface area (TPSA) is 41.0 Å². The number of piperidine rings is 1. The van der Waals surface area contributed by atoms with Crippen LogP contribution in [0.25, 0.3) is 0 Å². The summed E-state index contributed by atoms with van der Waals surface area (Å²) in [5.41, 5.74) is 1.06.